The normalized spacial score (nSPS) is 17.8. The molecular weight excluding hydrogens is 304 g/mol. The summed E-state index contributed by atoms with van der Waals surface area (Å²) >= 11 is 1.43. The first-order chi connectivity index (χ1) is 10.6. The summed E-state index contributed by atoms with van der Waals surface area (Å²) in [6, 6.07) is 8.34. The summed E-state index contributed by atoms with van der Waals surface area (Å²) in [5, 5.41) is 17.8. The first-order valence-corrected chi connectivity index (χ1v) is 7.94. The van der Waals surface area contributed by atoms with Crippen molar-refractivity contribution >= 4 is 23.6 Å². The fourth-order valence-electron chi connectivity index (χ4n) is 2.12. The van der Waals surface area contributed by atoms with Gasteiger partial charge in [-0.15, -0.1) is 11.8 Å². The van der Waals surface area contributed by atoms with Crippen molar-refractivity contribution in [3.8, 4) is 6.07 Å². The van der Waals surface area contributed by atoms with Gasteiger partial charge >= 0.3 is 5.97 Å². The average Bonchev–Trinajstić information content (AvgIpc) is 2.55. The minimum Gasteiger partial charge on any atom is -0.480 e. The molecule has 1 aromatic rings. The molecule has 0 radical (unpaired) electrons. The van der Waals surface area contributed by atoms with Gasteiger partial charge in [0, 0.05) is 12.3 Å². The number of aliphatic carboxylic acids is 1. The molecule has 22 heavy (non-hydrogen) atoms. The van der Waals surface area contributed by atoms with E-state index in [0.29, 0.717) is 24.5 Å². The fraction of sp³-hybridized carbons (Fsp3) is 0.400. The quantitative estimate of drug-likeness (QED) is 0.874. The molecule has 1 atom stereocenters. The van der Waals surface area contributed by atoms with Crippen molar-refractivity contribution in [2.45, 2.75) is 11.8 Å². The highest BCUT2D eigenvalue weighted by Gasteiger charge is 2.32. The highest BCUT2D eigenvalue weighted by atomic mass is 32.2. The number of ether oxygens (including phenoxy) is 1. The van der Waals surface area contributed by atoms with Crippen molar-refractivity contribution in [2.24, 2.45) is 0 Å². The van der Waals surface area contributed by atoms with Crippen LogP contribution in [-0.4, -0.2) is 53.4 Å². The molecule has 1 N–H and O–H groups in total. The lowest BCUT2D eigenvalue weighted by Crippen LogP contribution is -2.53. The minimum atomic E-state index is -1.04. The zero-order valence-corrected chi connectivity index (χ0v) is 12.7. The number of carbonyl (C=O) groups excluding carboxylic acids is 1. The summed E-state index contributed by atoms with van der Waals surface area (Å²) in [5.41, 5.74) is 1.62. The Labute approximate surface area is 132 Å². The first kappa shape index (κ1) is 16.3. The number of benzene rings is 1. The van der Waals surface area contributed by atoms with Gasteiger partial charge in [0.15, 0.2) is 6.04 Å². The van der Waals surface area contributed by atoms with E-state index in [4.69, 9.17) is 15.1 Å². The van der Waals surface area contributed by atoms with Crippen LogP contribution < -0.4 is 0 Å². The predicted molar refractivity (Wildman–Crippen MR) is 81.3 cm³/mol. The van der Waals surface area contributed by atoms with Crippen molar-refractivity contribution in [2.75, 3.05) is 25.5 Å². The Bertz CT molecular complexity index is 582. The van der Waals surface area contributed by atoms with Gasteiger partial charge in [-0.2, -0.15) is 5.26 Å². The first-order valence-electron chi connectivity index (χ1n) is 6.78. The molecule has 1 aliphatic heterocycles. The Morgan fingerprint density at radius 3 is 2.77 bits per heavy atom. The number of carboxylic acid groups (broad SMARTS) is 1. The van der Waals surface area contributed by atoms with E-state index in [1.807, 2.05) is 12.1 Å². The molecule has 7 heteroatoms. The summed E-state index contributed by atoms with van der Waals surface area (Å²) in [6.07, 6.45) is 0. The maximum Gasteiger partial charge on any atom is 0.328 e. The van der Waals surface area contributed by atoms with E-state index in [1.165, 1.54) is 16.7 Å². The number of nitrogens with zero attached hydrogens (tertiary/aromatic N) is 2. The number of amides is 1. The zero-order chi connectivity index (χ0) is 15.9. The number of hydrogen-bond acceptors (Lipinski definition) is 5. The smallest absolute Gasteiger partial charge is 0.328 e. The molecule has 0 aromatic heterocycles. The third kappa shape index (κ3) is 4.23. The van der Waals surface area contributed by atoms with Crippen LogP contribution in [-0.2, 0) is 20.1 Å². The Balaban J connectivity index is 1.83. The molecule has 0 spiro atoms. The molecule has 2 rings (SSSR count). The number of carboxylic acids is 1. The number of nitriles is 1. The van der Waals surface area contributed by atoms with Gasteiger partial charge in [0.05, 0.1) is 30.6 Å². The Hall–Kier alpha value is -2.04. The van der Waals surface area contributed by atoms with E-state index >= 15 is 0 Å². The van der Waals surface area contributed by atoms with E-state index < -0.39 is 12.0 Å². The highest BCUT2D eigenvalue weighted by Crippen LogP contribution is 2.15. The Morgan fingerprint density at radius 1 is 1.41 bits per heavy atom. The molecule has 0 saturated carbocycles. The number of thioether (sulfide) groups is 1. The molecule has 1 saturated heterocycles. The second-order valence-corrected chi connectivity index (χ2v) is 5.80. The molecule has 6 nitrogen and oxygen atoms in total. The van der Waals surface area contributed by atoms with Gasteiger partial charge in [-0.3, -0.25) is 4.79 Å². The number of hydrogen-bond donors (Lipinski definition) is 1. The Kier molecular flexibility index (Phi) is 5.81. The minimum absolute atomic E-state index is 0.0430. The standard InChI is InChI=1S/C15H16N2O4S/c16-7-11-1-3-12(4-2-11)9-22-10-14(18)17-5-6-21-8-13(17)15(19)20/h1-4,13H,5-6,8-10H2,(H,19,20). The van der Waals surface area contributed by atoms with Gasteiger partial charge in [-0.1, -0.05) is 12.1 Å². The monoisotopic (exact) mass is 320 g/mol. The van der Waals surface area contributed by atoms with E-state index in [-0.39, 0.29) is 18.3 Å². The lowest BCUT2D eigenvalue weighted by atomic mass is 10.2. The molecule has 0 bridgehead atoms. The molecule has 1 unspecified atom stereocenters. The lowest BCUT2D eigenvalue weighted by molar-refractivity contribution is -0.157. The van der Waals surface area contributed by atoms with E-state index in [9.17, 15) is 9.59 Å². The fourth-order valence-corrected chi connectivity index (χ4v) is 2.99. The van der Waals surface area contributed by atoms with Crippen LogP contribution in [0.15, 0.2) is 24.3 Å². The maximum atomic E-state index is 12.1. The largest absolute Gasteiger partial charge is 0.480 e. The van der Waals surface area contributed by atoms with Crippen LogP contribution >= 0.6 is 11.8 Å². The Morgan fingerprint density at radius 2 is 2.14 bits per heavy atom. The van der Waals surface area contributed by atoms with Crippen molar-refractivity contribution in [1.82, 2.24) is 4.90 Å². The van der Waals surface area contributed by atoms with Crippen LogP contribution in [0.25, 0.3) is 0 Å². The van der Waals surface area contributed by atoms with Crippen LogP contribution in [0.3, 0.4) is 0 Å². The molecule has 1 aromatic carbocycles. The van der Waals surface area contributed by atoms with Crippen molar-refractivity contribution in [3.05, 3.63) is 35.4 Å². The summed E-state index contributed by atoms with van der Waals surface area (Å²) in [6.45, 7) is 0.727. The van der Waals surface area contributed by atoms with Crippen molar-refractivity contribution in [3.63, 3.8) is 0 Å². The van der Waals surface area contributed by atoms with E-state index in [0.717, 1.165) is 5.56 Å². The van der Waals surface area contributed by atoms with Crippen LogP contribution in [0.5, 0.6) is 0 Å². The molecule has 116 valence electrons. The van der Waals surface area contributed by atoms with E-state index in [1.54, 1.807) is 12.1 Å². The molecule has 1 fully saturated rings. The average molecular weight is 320 g/mol. The van der Waals surface area contributed by atoms with Crippen LogP contribution in [0.1, 0.15) is 11.1 Å². The summed E-state index contributed by atoms with van der Waals surface area (Å²) < 4.78 is 5.11. The van der Waals surface area contributed by atoms with Crippen LogP contribution in [0, 0.1) is 11.3 Å². The van der Waals surface area contributed by atoms with Crippen LogP contribution in [0.4, 0.5) is 0 Å². The second kappa shape index (κ2) is 7.82. The SMILES string of the molecule is N#Cc1ccc(CSCC(=O)N2CCOCC2C(=O)O)cc1. The summed E-state index contributed by atoms with van der Waals surface area (Å²) in [7, 11) is 0. The highest BCUT2D eigenvalue weighted by molar-refractivity contribution is 7.99. The van der Waals surface area contributed by atoms with Gasteiger partial charge in [-0.05, 0) is 17.7 Å². The van der Waals surface area contributed by atoms with Gasteiger partial charge in [0.25, 0.3) is 0 Å². The van der Waals surface area contributed by atoms with Crippen LogP contribution in [0.2, 0.25) is 0 Å². The summed E-state index contributed by atoms with van der Waals surface area (Å²) in [4.78, 5) is 24.6. The molecule has 1 heterocycles. The van der Waals surface area contributed by atoms with Crippen molar-refractivity contribution < 1.29 is 19.4 Å². The summed E-state index contributed by atoms with van der Waals surface area (Å²) in [5.74, 6) is -0.358. The zero-order valence-electron chi connectivity index (χ0n) is 11.9. The topological polar surface area (TPSA) is 90.6 Å². The van der Waals surface area contributed by atoms with Gasteiger partial charge in [0.1, 0.15) is 0 Å². The lowest BCUT2D eigenvalue weighted by Gasteiger charge is -2.32. The maximum absolute atomic E-state index is 12.1. The number of morpholine rings is 1. The number of rotatable bonds is 5. The molecule has 1 aliphatic rings. The molecular formula is C15H16N2O4S. The molecule has 0 aliphatic carbocycles. The molecule has 1 amide bonds. The third-order valence-electron chi connectivity index (χ3n) is 3.31. The second-order valence-electron chi connectivity index (χ2n) is 4.82. The van der Waals surface area contributed by atoms with Gasteiger partial charge < -0.3 is 14.7 Å². The van der Waals surface area contributed by atoms with Gasteiger partial charge in [-0.25, -0.2) is 4.79 Å². The third-order valence-corrected chi connectivity index (χ3v) is 4.30. The van der Waals surface area contributed by atoms with E-state index in [2.05, 4.69) is 6.07 Å². The predicted octanol–water partition coefficient (Wildman–Crippen LogP) is 1.10. The van der Waals surface area contributed by atoms with Gasteiger partial charge in [0.2, 0.25) is 5.91 Å². The van der Waals surface area contributed by atoms with Crippen molar-refractivity contribution in [1.29, 1.82) is 5.26 Å². The number of carbonyl (C=O) groups is 2.